The van der Waals surface area contributed by atoms with Crippen LogP contribution in [0, 0.1) is 11.3 Å². The number of benzene rings is 2. The number of carbonyl (C=O) groups is 3. The Balaban J connectivity index is 1.31. The van der Waals surface area contributed by atoms with E-state index in [9.17, 15) is 31.2 Å². The summed E-state index contributed by atoms with van der Waals surface area (Å²) in [7, 11) is -3.39. The number of sulfonamides is 2. The Morgan fingerprint density at radius 1 is 1.09 bits per heavy atom. The number of anilines is 1. The van der Waals surface area contributed by atoms with Crippen LogP contribution in [0.25, 0.3) is 10.8 Å². The second-order valence-corrected chi connectivity index (χ2v) is 20.3. The molecule has 0 unspecified atom stereocenters. The summed E-state index contributed by atoms with van der Waals surface area (Å²) in [5.74, 6) is -2.03. The second-order valence-electron chi connectivity index (χ2n) is 15.7. The minimum atomic E-state index is -3.95. The molecule has 1 aliphatic heterocycles. The van der Waals surface area contributed by atoms with E-state index in [1.54, 1.807) is 62.1 Å². The van der Waals surface area contributed by atoms with Crippen LogP contribution in [-0.2, 0) is 34.4 Å². The van der Waals surface area contributed by atoms with Crippen molar-refractivity contribution in [1.29, 1.82) is 0 Å². The highest BCUT2D eigenvalue weighted by Crippen LogP contribution is 2.53. The van der Waals surface area contributed by atoms with Crippen molar-refractivity contribution in [1.82, 2.24) is 24.2 Å². The van der Waals surface area contributed by atoms with Crippen molar-refractivity contribution in [3.63, 3.8) is 0 Å². The van der Waals surface area contributed by atoms with E-state index in [1.807, 2.05) is 0 Å². The van der Waals surface area contributed by atoms with Crippen molar-refractivity contribution in [2.45, 2.75) is 80.3 Å². The van der Waals surface area contributed by atoms with Crippen LogP contribution in [0.2, 0.25) is 5.02 Å². The van der Waals surface area contributed by atoms with Crippen LogP contribution in [0.3, 0.4) is 0 Å². The zero-order valence-electron chi connectivity index (χ0n) is 32.0. The van der Waals surface area contributed by atoms with Gasteiger partial charge in [0.1, 0.15) is 23.4 Å². The van der Waals surface area contributed by atoms with E-state index < -0.39 is 78.1 Å². The molecule has 3 aliphatic rings. The molecule has 1 aromatic heterocycles. The van der Waals surface area contributed by atoms with Crippen molar-refractivity contribution >= 4 is 65.8 Å². The molecule has 6 rings (SSSR count). The summed E-state index contributed by atoms with van der Waals surface area (Å²) in [5.41, 5.74) is -1.91. The third kappa shape index (κ3) is 8.09. The number of nitrogens with zero attached hydrogens (tertiary/aromatic N) is 3. The van der Waals surface area contributed by atoms with Gasteiger partial charge in [0.05, 0.1) is 29.5 Å². The predicted molar refractivity (Wildman–Crippen MR) is 211 cm³/mol. The fraction of sp³-hybridized carbons (Fsp3) is 0.474. The number of ether oxygens (including phenoxy) is 2. The van der Waals surface area contributed by atoms with Crippen LogP contribution >= 0.6 is 11.6 Å². The number of hydrogen-bond donors (Lipinski definition) is 3. The first-order valence-electron chi connectivity index (χ1n) is 18.1. The highest BCUT2D eigenvalue weighted by atomic mass is 35.5. The maximum atomic E-state index is 14.4. The molecule has 15 nitrogen and oxygen atoms in total. The largest absolute Gasteiger partial charge is 0.494 e. The molecule has 2 heterocycles. The summed E-state index contributed by atoms with van der Waals surface area (Å²) >= 11 is 6.35. The van der Waals surface area contributed by atoms with Gasteiger partial charge >= 0.3 is 0 Å². The number of likely N-dealkylation sites (tertiary alicyclic amines) is 1. The maximum absolute atomic E-state index is 14.4. The lowest BCUT2D eigenvalue weighted by Gasteiger charge is -2.34. The molecule has 2 aromatic carbocycles. The van der Waals surface area contributed by atoms with Crippen molar-refractivity contribution in [3.8, 4) is 11.6 Å². The first kappa shape index (κ1) is 41.3. The van der Waals surface area contributed by atoms with E-state index in [2.05, 4.69) is 26.9 Å². The predicted octanol–water partition coefficient (Wildman–Crippen LogP) is 3.69. The normalized spacial score (nSPS) is 23.3. The van der Waals surface area contributed by atoms with Crippen LogP contribution in [0.4, 0.5) is 5.69 Å². The first-order valence-corrected chi connectivity index (χ1v) is 21.5. The maximum Gasteiger partial charge on any atom is 0.254 e. The Bertz CT molecular complexity index is 2300. The van der Waals surface area contributed by atoms with Gasteiger partial charge in [0, 0.05) is 54.5 Å². The monoisotopic (exact) mass is 830 g/mol. The molecule has 56 heavy (non-hydrogen) atoms. The standard InChI is InChI=1S/C38H47ClN6O9S2/c1-8-22-19-38(22,36(48)43-55(49,50)26-13-14-26)45-21-25(54-35-29-16-23(39)12-15-28(29)31(53-7)20-40-35)18-30(45)33(46)42-34(47)32(37(2,3)4)41-24-10-9-11-27(17-24)56(51,52)44(5)6/h8-12,15-17,20,22,25-26,30,32,41H,1,13-14,18-19,21H2,2-7H3,(H,43,48)(H,42,46,47)/t22-,25-,30+,32+,38-/m1/s1. The molecule has 3 fully saturated rings. The fourth-order valence-electron chi connectivity index (χ4n) is 7.18. The van der Waals surface area contributed by atoms with Crippen LogP contribution in [0.5, 0.6) is 11.6 Å². The van der Waals surface area contributed by atoms with Gasteiger partial charge in [-0.3, -0.25) is 29.3 Å². The number of carbonyl (C=O) groups excluding carboxylic acids is 3. The van der Waals surface area contributed by atoms with E-state index in [0.29, 0.717) is 40.1 Å². The van der Waals surface area contributed by atoms with Crippen LogP contribution in [-0.4, -0.2) is 105 Å². The SMILES string of the molecule is C=C[C@@H]1C[C@@]1(C(=O)NS(=O)(=O)C1CC1)N1C[C@H](Oc2ncc(OC)c3ccc(Cl)cc23)C[C@H]1C(=O)NC(=O)[C@H](Nc1cccc(S(=O)(=O)N(C)C)c1)C(C)(C)C. The summed E-state index contributed by atoms with van der Waals surface area (Å²) in [6, 6.07) is 9.00. The van der Waals surface area contributed by atoms with Gasteiger partial charge in [-0.1, -0.05) is 44.5 Å². The summed E-state index contributed by atoms with van der Waals surface area (Å²) in [4.78, 5) is 48.6. The first-order chi connectivity index (χ1) is 26.2. The number of methoxy groups -OCH3 is 1. The van der Waals surface area contributed by atoms with E-state index >= 15 is 0 Å². The molecule has 5 atom stereocenters. The molecule has 0 bridgehead atoms. The average Bonchev–Trinajstić information content (AvgIpc) is 4.07. The summed E-state index contributed by atoms with van der Waals surface area (Å²) < 4.78 is 66.9. The molecule has 1 saturated heterocycles. The number of fused-ring (bicyclic) bond motifs is 1. The number of imide groups is 1. The molecule has 3 N–H and O–H groups in total. The zero-order valence-corrected chi connectivity index (χ0v) is 34.4. The summed E-state index contributed by atoms with van der Waals surface area (Å²) in [6.07, 6.45) is 3.38. The third-order valence-electron chi connectivity index (χ3n) is 10.5. The number of rotatable bonds is 14. The van der Waals surface area contributed by atoms with Crippen molar-refractivity contribution < 1.29 is 40.7 Å². The van der Waals surface area contributed by atoms with Gasteiger partial charge in [0.25, 0.3) is 5.91 Å². The Kier molecular flexibility index (Phi) is 11.2. The van der Waals surface area contributed by atoms with Crippen LogP contribution in [0.1, 0.15) is 46.5 Å². The fourth-order valence-corrected chi connectivity index (χ4v) is 9.66. The van der Waals surface area contributed by atoms with Gasteiger partial charge in [-0.2, -0.15) is 0 Å². The Morgan fingerprint density at radius 2 is 1.80 bits per heavy atom. The van der Waals surface area contributed by atoms with E-state index in [-0.39, 0.29) is 30.2 Å². The molecule has 18 heteroatoms. The van der Waals surface area contributed by atoms with E-state index in [4.69, 9.17) is 21.1 Å². The number of hydrogen-bond acceptors (Lipinski definition) is 12. The number of aromatic nitrogens is 1. The zero-order chi connectivity index (χ0) is 41.0. The number of nitrogens with one attached hydrogen (secondary N) is 3. The molecule has 3 aromatic rings. The molecular formula is C38H47ClN6O9S2. The second kappa shape index (κ2) is 15.2. The number of halogens is 1. The minimum absolute atomic E-state index is 0.00119. The summed E-state index contributed by atoms with van der Waals surface area (Å²) in [5, 5.41) is 6.63. The molecular weight excluding hydrogens is 784 g/mol. The number of amides is 3. The van der Waals surface area contributed by atoms with Crippen molar-refractivity contribution in [3.05, 3.63) is 66.3 Å². The topological polar surface area (TPSA) is 193 Å². The Hall–Kier alpha value is -4.29. The van der Waals surface area contributed by atoms with Gasteiger partial charge in [0.2, 0.25) is 37.7 Å². The van der Waals surface area contributed by atoms with Gasteiger partial charge in [-0.25, -0.2) is 26.1 Å². The lowest BCUT2D eigenvalue weighted by atomic mass is 9.85. The smallest absolute Gasteiger partial charge is 0.254 e. The molecule has 3 amide bonds. The van der Waals surface area contributed by atoms with Gasteiger partial charge in [0.15, 0.2) is 0 Å². The van der Waals surface area contributed by atoms with Gasteiger partial charge < -0.3 is 14.8 Å². The third-order valence-corrected chi connectivity index (χ3v) is 14.4. The van der Waals surface area contributed by atoms with E-state index in [0.717, 1.165) is 4.31 Å². The summed E-state index contributed by atoms with van der Waals surface area (Å²) in [6.45, 7) is 9.24. The van der Waals surface area contributed by atoms with Gasteiger partial charge in [-0.05, 0) is 61.1 Å². The highest BCUT2D eigenvalue weighted by Gasteiger charge is 2.67. The van der Waals surface area contributed by atoms with Crippen LogP contribution < -0.4 is 24.8 Å². The molecule has 0 spiro atoms. The molecule has 0 radical (unpaired) electrons. The van der Waals surface area contributed by atoms with Gasteiger partial charge in [-0.15, -0.1) is 6.58 Å². The minimum Gasteiger partial charge on any atom is -0.494 e. The number of pyridine rings is 1. The molecule has 2 saturated carbocycles. The van der Waals surface area contributed by atoms with Crippen LogP contribution in [0.15, 0.2) is 66.2 Å². The lowest BCUT2D eigenvalue weighted by Crippen LogP contribution is -2.59. The average molecular weight is 831 g/mol. The molecule has 302 valence electrons. The van der Waals surface area contributed by atoms with Crippen molar-refractivity contribution in [2.75, 3.05) is 33.1 Å². The Morgan fingerprint density at radius 3 is 2.41 bits per heavy atom. The quantitative estimate of drug-likeness (QED) is 0.200. The van der Waals surface area contributed by atoms with E-state index in [1.165, 1.54) is 39.5 Å². The molecule has 2 aliphatic carbocycles. The lowest BCUT2D eigenvalue weighted by molar-refractivity contribution is -0.136. The Labute approximate surface area is 332 Å². The highest BCUT2D eigenvalue weighted by molar-refractivity contribution is 7.91. The van der Waals surface area contributed by atoms with Crippen molar-refractivity contribution in [2.24, 2.45) is 11.3 Å².